The van der Waals surface area contributed by atoms with E-state index in [9.17, 15) is 4.79 Å². The van der Waals surface area contributed by atoms with Crippen LogP contribution in [0.3, 0.4) is 0 Å². The van der Waals surface area contributed by atoms with Crippen LogP contribution < -0.4 is 10.9 Å². The van der Waals surface area contributed by atoms with Gasteiger partial charge in [0.2, 0.25) is 5.91 Å². The minimum atomic E-state index is -0.465. The molecule has 0 aliphatic rings. The normalized spacial score (nSPS) is 10.8. The summed E-state index contributed by atoms with van der Waals surface area (Å²) in [5.41, 5.74) is 6.09. The number of rotatable bonds is 2. The number of hydrogen-bond donors (Lipinski definition) is 3. The van der Waals surface area contributed by atoms with E-state index >= 15 is 0 Å². The van der Waals surface area contributed by atoms with Crippen LogP contribution in [-0.4, -0.2) is 77.2 Å². The van der Waals surface area contributed by atoms with Gasteiger partial charge in [-0.1, -0.05) is 20.8 Å². The molecule has 2 aromatic heterocycles. The fraction of sp³-hybridized carbons (Fsp3) is 0.400. The number of carbonyl (C=O) groups is 1. The van der Waals surface area contributed by atoms with Gasteiger partial charge in [-0.25, -0.2) is 15.0 Å². The summed E-state index contributed by atoms with van der Waals surface area (Å²) in [6.45, 7) is 5.49. The maximum atomic E-state index is 11.7. The summed E-state index contributed by atoms with van der Waals surface area (Å²) >= 11 is 0. The van der Waals surface area contributed by atoms with Crippen LogP contribution in [0, 0.1) is 5.41 Å². The molecule has 18 heavy (non-hydrogen) atoms. The number of hydrogen-bond acceptors (Lipinski definition) is 5. The maximum absolute atomic E-state index is 11.7. The molecule has 2 heterocycles. The average molecular weight is 273 g/mol. The third-order valence-electron chi connectivity index (χ3n) is 2.20. The largest absolute Gasteiger partial charge is 0.340 e. The Morgan fingerprint density at radius 3 is 2.67 bits per heavy atom. The van der Waals surface area contributed by atoms with E-state index in [1.165, 1.54) is 12.7 Å². The number of carbonyl (C=O) groups excluding carboxylic acids is 1. The molecular weight excluding hydrogens is 259 g/mol. The summed E-state index contributed by atoms with van der Waals surface area (Å²) in [5, 5.41) is 0. The predicted octanol–water partition coefficient (Wildman–Crippen LogP) is 0.461. The molecule has 3 N–H and O–H groups in total. The Balaban J connectivity index is 0.00000162. The quantitative estimate of drug-likeness (QED) is 0.546. The molecule has 0 aliphatic carbocycles. The Morgan fingerprint density at radius 2 is 2.00 bits per heavy atom. The van der Waals surface area contributed by atoms with Gasteiger partial charge in [0.05, 0.1) is 6.33 Å². The van der Waals surface area contributed by atoms with E-state index in [1.807, 2.05) is 20.8 Å². The molecule has 2 aromatic rings. The van der Waals surface area contributed by atoms with Crippen LogP contribution in [0.15, 0.2) is 12.7 Å². The zero-order chi connectivity index (χ0) is 12.5. The molecule has 0 atom stereocenters. The number of H-pyrrole nitrogens is 1. The van der Waals surface area contributed by atoms with Crippen molar-refractivity contribution in [2.75, 3.05) is 5.43 Å². The molecule has 2 rings (SSSR count). The second kappa shape index (κ2) is 6.07. The van der Waals surface area contributed by atoms with E-state index in [1.54, 1.807) is 0 Å². The average Bonchev–Trinajstić information content (AvgIpc) is 2.72. The molecule has 0 saturated carbocycles. The van der Waals surface area contributed by atoms with Crippen molar-refractivity contribution in [1.82, 2.24) is 25.4 Å². The second-order valence-electron chi connectivity index (χ2n) is 4.65. The van der Waals surface area contributed by atoms with Gasteiger partial charge in [0.1, 0.15) is 11.8 Å². The van der Waals surface area contributed by atoms with Crippen molar-refractivity contribution < 1.29 is 4.79 Å². The van der Waals surface area contributed by atoms with Crippen LogP contribution in [-0.2, 0) is 4.79 Å². The van der Waals surface area contributed by atoms with Crippen LogP contribution in [0.2, 0.25) is 0 Å². The van der Waals surface area contributed by atoms with E-state index in [2.05, 4.69) is 30.8 Å². The van der Waals surface area contributed by atoms with Crippen LogP contribution in [0.5, 0.6) is 0 Å². The first-order valence-electron chi connectivity index (χ1n) is 5.19. The van der Waals surface area contributed by atoms with Crippen molar-refractivity contribution in [2.24, 2.45) is 5.41 Å². The summed E-state index contributed by atoms with van der Waals surface area (Å²) < 4.78 is 0. The first kappa shape index (κ1) is 15.5. The SMILES string of the molecule is CC(C)(C)C(=O)NNc1ncnc2nc[nH]c12.[K]. The van der Waals surface area contributed by atoms with Crippen molar-refractivity contribution in [2.45, 2.75) is 20.8 Å². The minimum absolute atomic E-state index is 0. The minimum Gasteiger partial charge on any atom is -0.340 e. The van der Waals surface area contributed by atoms with Crippen molar-refractivity contribution in [3.05, 3.63) is 12.7 Å². The molecule has 0 saturated heterocycles. The van der Waals surface area contributed by atoms with Crippen molar-refractivity contribution in [3.8, 4) is 0 Å². The van der Waals surface area contributed by atoms with Crippen molar-refractivity contribution in [3.63, 3.8) is 0 Å². The van der Waals surface area contributed by atoms with Gasteiger partial charge in [0.15, 0.2) is 11.5 Å². The second-order valence-corrected chi connectivity index (χ2v) is 4.65. The predicted molar refractivity (Wildman–Crippen MR) is 68.7 cm³/mol. The van der Waals surface area contributed by atoms with Gasteiger partial charge in [-0.3, -0.25) is 15.6 Å². The molecule has 0 aliphatic heterocycles. The van der Waals surface area contributed by atoms with E-state index in [0.717, 1.165) is 0 Å². The molecule has 8 heteroatoms. The van der Waals surface area contributed by atoms with Crippen molar-refractivity contribution in [1.29, 1.82) is 0 Å². The van der Waals surface area contributed by atoms with Gasteiger partial charge < -0.3 is 4.98 Å². The molecule has 0 aromatic carbocycles. The topological polar surface area (TPSA) is 95.6 Å². The monoisotopic (exact) mass is 273 g/mol. The summed E-state index contributed by atoms with van der Waals surface area (Å²) in [6.07, 6.45) is 2.91. The Kier molecular flexibility index (Phi) is 5.23. The first-order valence-corrected chi connectivity index (χ1v) is 5.19. The maximum Gasteiger partial charge on any atom is 0.243 e. The summed E-state index contributed by atoms with van der Waals surface area (Å²) in [7, 11) is 0. The molecular formula is C10H14KN6O. The van der Waals surface area contributed by atoms with Gasteiger partial charge in [-0.15, -0.1) is 0 Å². The number of amides is 1. The number of hydrazine groups is 1. The summed E-state index contributed by atoms with van der Waals surface area (Å²) in [4.78, 5) is 26.6. The summed E-state index contributed by atoms with van der Waals surface area (Å²) in [5.74, 6) is 0.369. The zero-order valence-electron chi connectivity index (χ0n) is 10.9. The molecule has 0 unspecified atom stereocenters. The third-order valence-corrected chi connectivity index (χ3v) is 2.20. The fourth-order valence-corrected chi connectivity index (χ4v) is 1.16. The van der Waals surface area contributed by atoms with Gasteiger partial charge in [-0.05, 0) is 0 Å². The smallest absolute Gasteiger partial charge is 0.243 e. The van der Waals surface area contributed by atoms with E-state index in [-0.39, 0.29) is 57.3 Å². The Bertz CT molecular complexity index is 547. The molecule has 0 spiro atoms. The number of aromatic amines is 1. The fourth-order valence-electron chi connectivity index (χ4n) is 1.16. The molecule has 91 valence electrons. The number of aromatic nitrogens is 4. The molecule has 0 bridgehead atoms. The van der Waals surface area contributed by atoms with Gasteiger partial charge in [-0.2, -0.15) is 0 Å². The number of nitrogens with one attached hydrogen (secondary N) is 3. The Labute approximate surface area is 147 Å². The standard InChI is InChI=1S/C10H14N6O.K/c1-10(2,3)9(17)16-15-8-6-7(12-4-11-6)13-5-14-8;/h4-5H,1-3H3,(H,16,17)(H2,11,12,13,14,15);. The molecule has 0 fully saturated rings. The van der Waals surface area contributed by atoms with Gasteiger partial charge in [0, 0.05) is 56.8 Å². The van der Waals surface area contributed by atoms with E-state index in [4.69, 9.17) is 0 Å². The number of imidazole rings is 1. The molecule has 7 nitrogen and oxygen atoms in total. The van der Waals surface area contributed by atoms with E-state index in [0.29, 0.717) is 17.0 Å². The summed E-state index contributed by atoms with van der Waals surface area (Å²) in [6, 6.07) is 0. The van der Waals surface area contributed by atoms with Crippen LogP contribution in [0.25, 0.3) is 11.2 Å². The Hall–Kier alpha value is -0.544. The third kappa shape index (κ3) is 3.48. The van der Waals surface area contributed by atoms with Crippen LogP contribution in [0.4, 0.5) is 5.82 Å². The number of anilines is 1. The first-order chi connectivity index (χ1) is 7.98. The zero-order valence-corrected chi connectivity index (χ0v) is 14.0. The van der Waals surface area contributed by atoms with Gasteiger partial charge in [0.25, 0.3) is 0 Å². The van der Waals surface area contributed by atoms with Crippen molar-refractivity contribution >= 4 is 74.3 Å². The van der Waals surface area contributed by atoms with Crippen LogP contribution in [0.1, 0.15) is 20.8 Å². The number of fused-ring (bicyclic) bond motifs is 1. The van der Waals surface area contributed by atoms with Gasteiger partial charge >= 0.3 is 0 Å². The molecule has 1 amide bonds. The number of nitrogens with zero attached hydrogens (tertiary/aromatic N) is 3. The van der Waals surface area contributed by atoms with E-state index < -0.39 is 5.41 Å². The molecule has 1 radical (unpaired) electrons. The Morgan fingerprint density at radius 1 is 1.28 bits per heavy atom. The van der Waals surface area contributed by atoms with Crippen LogP contribution >= 0.6 is 0 Å².